The van der Waals surface area contributed by atoms with Gasteiger partial charge in [0.1, 0.15) is 0 Å². The predicted molar refractivity (Wildman–Crippen MR) is 85.3 cm³/mol. The smallest absolute Gasteiger partial charge is 0.0138 e. The molecule has 3 unspecified atom stereocenters. The van der Waals surface area contributed by atoms with E-state index in [2.05, 4.69) is 46.6 Å². The first-order valence-electron chi connectivity index (χ1n) is 8.27. The highest BCUT2D eigenvalue weighted by atomic mass is 15.2. The summed E-state index contributed by atoms with van der Waals surface area (Å²) >= 11 is 0. The molecule has 1 aliphatic carbocycles. The largest absolute Gasteiger partial charge is 0.330 e. The fourth-order valence-electron chi connectivity index (χ4n) is 3.91. The van der Waals surface area contributed by atoms with E-state index < -0.39 is 0 Å². The van der Waals surface area contributed by atoms with Crippen molar-refractivity contribution in [2.24, 2.45) is 23.0 Å². The molecule has 0 aromatic rings. The normalized spacial score (nSPS) is 29.2. The molecule has 0 amide bonds. The summed E-state index contributed by atoms with van der Waals surface area (Å²) in [6.07, 6.45) is 6.51. The van der Waals surface area contributed by atoms with Crippen molar-refractivity contribution in [2.45, 2.75) is 78.8 Å². The van der Waals surface area contributed by atoms with Gasteiger partial charge in [-0.25, -0.2) is 0 Å². The topological polar surface area (TPSA) is 29.3 Å². The predicted octanol–water partition coefficient (Wildman–Crippen LogP) is 3.90. The highest BCUT2D eigenvalue weighted by Crippen LogP contribution is 2.41. The minimum absolute atomic E-state index is 0.437. The monoisotopic (exact) mass is 268 g/mol. The maximum absolute atomic E-state index is 6.04. The van der Waals surface area contributed by atoms with Crippen LogP contribution in [-0.4, -0.2) is 30.6 Å². The third kappa shape index (κ3) is 4.19. The molecule has 0 radical (unpaired) electrons. The Balaban J connectivity index is 2.80. The number of nitrogens with two attached hydrogens (primary N) is 1. The summed E-state index contributed by atoms with van der Waals surface area (Å²) in [6, 6.07) is 1.41. The lowest BCUT2D eigenvalue weighted by molar-refractivity contribution is 0.0347. The molecule has 2 nitrogen and oxygen atoms in total. The van der Waals surface area contributed by atoms with Crippen molar-refractivity contribution in [3.8, 4) is 0 Å². The van der Waals surface area contributed by atoms with Crippen LogP contribution in [0.4, 0.5) is 0 Å². The third-order valence-corrected chi connectivity index (χ3v) is 5.53. The maximum Gasteiger partial charge on any atom is 0.0138 e. The number of hydrogen-bond acceptors (Lipinski definition) is 2. The van der Waals surface area contributed by atoms with Crippen molar-refractivity contribution in [2.75, 3.05) is 13.6 Å². The Morgan fingerprint density at radius 2 is 1.74 bits per heavy atom. The van der Waals surface area contributed by atoms with Gasteiger partial charge >= 0.3 is 0 Å². The van der Waals surface area contributed by atoms with Gasteiger partial charge in [-0.1, -0.05) is 34.6 Å². The number of hydrogen-bond donors (Lipinski definition) is 1. The van der Waals surface area contributed by atoms with E-state index >= 15 is 0 Å². The van der Waals surface area contributed by atoms with Crippen LogP contribution >= 0.6 is 0 Å². The summed E-state index contributed by atoms with van der Waals surface area (Å²) in [7, 11) is 2.33. The van der Waals surface area contributed by atoms with Crippen LogP contribution in [0.3, 0.4) is 0 Å². The van der Waals surface area contributed by atoms with Gasteiger partial charge in [0.05, 0.1) is 0 Å². The molecule has 2 N–H and O–H groups in total. The molecule has 0 aliphatic heterocycles. The lowest BCUT2D eigenvalue weighted by Gasteiger charge is -2.47. The molecular formula is C17H36N2. The standard InChI is InChI=1S/C17H36N2/c1-7-15(8-2)19(6)16-11-14(17(3,4)5)10-9-13(16)12-18/h13-16H,7-12,18H2,1-6H3. The molecule has 0 aromatic carbocycles. The summed E-state index contributed by atoms with van der Waals surface area (Å²) in [4.78, 5) is 2.65. The van der Waals surface area contributed by atoms with Crippen LogP contribution in [0.2, 0.25) is 0 Å². The van der Waals surface area contributed by atoms with Crippen molar-refractivity contribution in [1.29, 1.82) is 0 Å². The zero-order valence-electron chi connectivity index (χ0n) is 14.1. The summed E-state index contributed by atoms with van der Waals surface area (Å²) in [5.41, 5.74) is 6.48. The average Bonchev–Trinajstić information content (AvgIpc) is 2.38. The van der Waals surface area contributed by atoms with Crippen molar-refractivity contribution in [3.63, 3.8) is 0 Å². The Morgan fingerprint density at radius 1 is 1.16 bits per heavy atom. The van der Waals surface area contributed by atoms with Crippen LogP contribution in [0.1, 0.15) is 66.7 Å². The molecular weight excluding hydrogens is 232 g/mol. The molecule has 3 atom stereocenters. The van der Waals surface area contributed by atoms with Crippen LogP contribution in [0.5, 0.6) is 0 Å². The van der Waals surface area contributed by atoms with E-state index in [0.29, 0.717) is 17.4 Å². The Hall–Kier alpha value is -0.0800. The van der Waals surface area contributed by atoms with Gasteiger partial charge in [-0.2, -0.15) is 0 Å². The fourth-order valence-corrected chi connectivity index (χ4v) is 3.91. The number of nitrogens with zero attached hydrogens (tertiary/aromatic N) is 1. The van der Waals surface area contributed by atoms with Crippen molar-refractivity contribution in [1.82, 2.24) is 4.90 Å². The molecule has 0 heterocycles. The minimum Gasteiger partial charge on any atom is -0.330 e. The SMILES string of the molecule is CCC(CC)N(C)C1CC(C(C)(C)C)CCC1CN. The lowest BCUT2D eigenvalue weighted by atomic mass is 9.67. The van der Waals surface area contributed by atoms with Crippen molar-refractivity contribution in [3.05, 3.63) is 0 Å². The zero-order chi connectivity index (χ0) is 14.6. The first-order valence-corrected chi connectivity index (χ1v) is 8.27. The van der Waals surface area contributed by atoms with Gasteiger partial charge in [0.25, 0.3) is 0 Å². The molecule has 0 bridgehead atoms. The molecule has 1 saturated carbocycles. The lowest BCUT2D eigenvalue weighted by Crippen LogP contribution is -2.50. The highest BCUT2D eigenvalue weighted by Gasteiger charge is 2.38. The second kappa shape index (κ2) is 7.08. The summed E-state index contributed by atoms with van der Waals surface area (Å²) in [5.74, 6) is 1.54. The second-order valence-corrected chi connectivity index (χ2v) is 7.57. The zero-order valence-corrected chi connectivity index (χ0v) is 14.1. The van der Waals surface area contributed by atoms with Gasteiger partial charge in [0.15, 0.2) is 0 Å². The van der Waals surface area contributed by atoms with E-state index in [0.717, 1.165) is 18.5 Å². The van der Waals surface area contributed by atoms with Gasteiger partial charge in [-0.3, -0.25) is 0 Å². The van der Waals surface area contributed by atoms with Gasteiger partial charge < -0.3 is 10.6 Å². The Kier molecular flexibility index (Phi) is 6.32. The quantitative estimate of drug-likeness (QED) is 0.819. The van der Waals surface area contributed by atoms with Gasteiger partial charge in [0, 0.05) is 12.1 Å². The van der Waals surface area contributed by atoms with E-state index in [9.17, 15) is 0 Å². The molecule has 19 heavy (non-hydrogen) atoms. The summed E-state index contributed by atoms with van der Waals surface area (Å²) < 4.78 is 0. The molecule has 0 aromatic heterocycles. The second-order valence-electron chi connectivity index (χ2n) is 7.57. The molecule has 1 fully saturated rings. The fraction of sp³-hybridized carbons (Fsp3) is 1.00. The van der Waals surface area contributed by atoms with Gasteiger partial charge in [-0.15, -0.1) is 0 Å². The first kappa shape index (κ1) is 17.0. The first-order chi connectivity index (χ1) is 8.85. The molecule has 1 rings (SSSR count). The van der Waals surface area contributed by atoms with Crippen LogP contribution < -0.4 is 5.73 Å². The van der Waals surface area contributed by atoms with Gasteiger partial charge in [-0.05, 0) is 62.9 Å². The average molecular weight is 268 g/mol. The molecule has 1 aliphatic rings. The van der Waals surface area contributed by atoms with Crippen LogP contribution in [0.15, 0.2) is 0 Å². The Labute approximate surface area is 121 Å². The molecule has 114 valence electrons. The Bertz CT molecular complexity index is 252. The van der Waals surface area contributed by atoms with E-state index in [4.69, 9.17) is 5.73 Å². The summed E-state index contributed by atoms with van der Waals surface area (Å²) in [6.45, 7) is 12.7. The molecule has 0 spiro atoms. The highest BCUT2D eigenvalue weighted by molar-refractivity contribution is 4.91. The van der Waals surface area contributed by atoms with Crippen LogP contribution in [0.25, 0.3) is 0 Å². The summed E-state index contributed by atoms with van der Waals surface area (Å²) in [5, 5.41) is 0. The van der Waals surface area contributed by atoms with E-state index in [1.165, 1.54) is 32.1 Å². The van der Waals surface area contributed by atoms with Crippen LogP contribution in [-0.2, 0) is 0 Å². The van der Waals surface area contributed by atoms with E-state index in [1.54, 1.807) is 0 Å². The maximum atomic E-state index is 6.04. The minimum atomic E-state index is 0.437. The van der Waals surface area contributed by atoms with Gasteiger partial charge in [0.2, 0.25) is 0 Å². The molecule has 0 saturated heterocycles. The van der Waals surface area contributed by atoms with E-state index in [-0.39, 0.29) is 0 Å². The third-order valence-electron chi connectivity index (χ3n) is 5.53. The number of rotatable bonds is 5. The van der Waals surface area contributed by atoms with Crippen LogP contribution in [0, 0.1) is 17.3 Å². The molecule has 2 heteroatoms. The van der Waals surface area contributed by atoms with E-state index in [1.807, 2.05) is 0 Å². The Morgan fingerprint density at radius 3 is 2.16 bits per heavy atom. The van der Waals surface area contributed by atoms with Crippen molar-refractivity contribution >= 4 is 0 Å². The van der Waals surface area contributed by atoms with Crippen molar-refractivity contribution < 1.29 is 0 Å².